The number of fused-ring (bicyclic) bond motifs is 1. The third-order valence-electron chi connectivity index (χ3n) is 6.62. The molecule has 0 radical (unpaired) electrons. The Kier molecular flexibility index (Phi) is 6.40. The Balaban J connectivity index is 1.09. The normalized spacial score (nSPS) is 18.4. The molecule has 0 saturated carbocycles. The number of amides is 1. The fraction of sp³-hybridized carbons (Fsp3) is 0.385. The van der Waals surface area contributed by atoms with Crippen molar-refractivity contribution in [2.45, 2.75) is 32.3 Å². The molecule has 1 unspecified atom stereocenters. The quantitative estimate of drug-likeness (QED) is 0.527. The highest BCUT2D eigenvalue weighted by Gasteiger charge is 2.24. The first kappa shape index (κ1) is 22.3. The monoisotopic (exact) mass is 459 g/mol. The molecule has 5 rings (SSSR count). The van der Waals surface area contributed by atoms with Gasteiger partial charge in [0.05, 0.1) is 17.7 Å². The van der Waals surface area contributed by atoms with Crippen molar-refractivity contribution < 1.29 is 14.3 Å². The molecule has 8 nitrogen and oxygen atoms in total. The molecule has 3 heterocycles. The molecular weight excluding hydrogens is 430 g/mol. The molecule has 1 fully saturated rings. The zero-order chi connectivity index (χ0) is 23.5. The van der Waals surface area contributed by atoms with E-state index in [9.17, 15) is 9.59 Å². The van der Waals surface area contributed by atoms with Crippen LogP contribution in [0.4, 0.5) is 0 Å². The van der Waals surface area contributed by atoms with E-state index in [1.165, 1.54) is 11.9 Å². The third kappa shape index (κ3) is 5.02. The van der Waals surface area contributed by atoms with E-state index in [1.807, 2.05) is 48.2 Å². The summed E-state index contributed by atoms with van der Waals surface area (Å²) in [7, 11) is 0. The third-order valence-corrected chi connectivity index (χ3v) is 6.62. The number of aromatic nitrogens is 3. The highest BCUT2D eigenvalue weighted by molar-refractivity contribution is 5.92. The highest BCUT2D eigenvalue weighted by Crippen LogP contribution is 2.22. The van der Waals surface area contributed by atoms with Gasteiger partial charge in [-0.05, 0) is 48.2 Å². The molecule has 3 aromatic rings. The lowest BCUT2D eigenvalue weighted by Gasteiger charge is -2.35. The Morgan fingerprint density at radius 1 is 1.06 bits per heavy atom. The van der Waals surface area contributed by atoms with Crippen LogP contribution in [-0.4, -0.2) is 75.3 Å². The summed E-state index contributed by atoms with van der Waals surface area (Å²) in [6.07, 6.45) is 5.21. The summed E-state index contributed by atoms with van der Waals surface area (Å²) < 4.78 is 7.01. The largest absolute Gasteiger partial charge is 0.459 e. The van der Waals surface area contributed by atoms with Crippen molar-refractivity contribution in [1.82, 2.24) is 24.6 Å². The maximum Gasteiger partial charge on any atom is 0.338 e. The van der Waals surface area contributed by atoms with E-state index in [0.717, 1.165) is 62.4 Å². The van der Waals surface area contributed by atoms with E-state index in [-0.39, 0.29) is 18.0 Å². The fourth-order valence-corrected chi connectivity index (χ4v) is 4.67. The predicted octanol–water partition coefficient (Wildman–Crippen LogP) is 2.30. The molecule has 2 aromatic carbocycles. The second-order valence-corrected chi connectivity index (χ2v) is 9.07. The summed E-state index contributed by atoms with van der Waals surface area (Å²) in [5.74, 6) is -0.0453. The number of carbonyl (C=O) groups excluding carboxylic acids is 2. The molecule has 0 bridgehead atoms. The minimum absolute atomic E-state index is 0.0625. The van der Waals surface area contributed by atoms with Crippen LogP contribution in [0.3, 0.4) is 0 Å². The van der Waals surface area contributed by atoms with Gasteiger partial charge in [-0.2, -0.15) is 5.10 Å². The van der Waals surface area contributed by atoms with Crippen LogP contribution in [-0.2, 0) is 28.8 Å². The maximum atomic E-state index is 12.8. The Morgan fingerprint density at radius 3 is 2.56 bits per heavy atom. The summed E-state index contributed by atoms with van der Waals surface area (Å²) in [5.41, 5.74) is 4.96. The number of cyclic esters (lactones) is 1. The predicted molar refractivity (Wildman–Crippen MR) is 127 cm³/mol. The van der Waals surface area contributed by atoms with Crippen LogP contribution in [0.5, 0.6) is 0 Å². The van der Waals surface area contributed by atoms with E-state index < -0.39 is 0 Å². The number of benzene rings is 2. The zero-order valence-corrected chi connectivity index (χ0v) is 19.4. The van der Waals surface area contributed by atoms with Gasteiger partial charge in [0.1, 0.15) is 18.8 Å². The van der Waals surface area contributed by atoms with Crippen molar-refractivity contribution in [3.63, 3.8) is 0 Å². The number of ether oxygens (including phenoxy) is 1. The standard InChI is InChI=1S/C26H29N5O3/c1-19-14-22-15-21(4-7-24(22)26(33)34-19)8-9-29-10-12-30(13-11-29)25(32)16-20-2-5-23(6-3-20)31-18-27-17-28-31/h2-7,15,17-19H,8-14,16H2,1H3. The van der Waals surface area contributed by atoms with Crippen molar-refractivity contribution in [2.75, 3.05) is 32.7 Å². The van der Waals surface area contributed by atoms with Gasteiger partial charge in [0.25, 0.3) is 0 Å². The number of carbonyl (C=O) groups is 2. The van der Waals surface area contributed by atoms with Crippen LogP contribution in [0.2, 0.25) is 0 Å². The fourth-order valence-electron chi connectivity index (χ4n) is 4.67. The molecule has 1 aromatic heterocycles. The van der Waals surface area contributed by atoms with Gasteiger partial charge in [0, 0.05) is 39.1 Å². The number of piperazine rings is 1. The lowest BCUT2D eigenvalue weighted by molar-refractivity contribution is -0.132. The first-order chi connectivity index (χ1) is 16.5. The lowest BCUT2D eigenvalue weighted by atomic mass is 9.96. The molecule has 34 heavy (non-hydrogen) atoms. The summed E-state index contributed by atoms with van der Waals surface area (Å²) in [6, 6.07) is 13.9. The molecule has 8 heteroatoms. The SMILES string of the molecule is CC1Cc2cc(CCN3CCN(C(=O)Cc4ccc(-n5cncn5)cc4)CC3)ccc2C(=O)O1. The topological polar surface area (TPSA) is 80.6 Å². The second kappa shape index (κ2) is 9.77. The number of hydrogen-bond acceptors (Lipinski definition) is 6. The summed E-state index contributed by atoms with van der Waals surface area (Å²) in [4.78, 5) is 33.1. The number of esters is 1. The molecule has 1 saturated heterocycles. The molecule has 1 amide bonds. The van der Waals surface area contributed by atoms with E-state index in [2.05, 4.69) is 21.0 Å². The number of rotatable bonds is 6. The Bertz CT molecular complexity index is 1150. The van der Waals surface area contributed by atoms with Crippen LogP contribution in [0.25, 0.3) is 5.69 Å². The summed E-state index contributed by atoms with van der Waals surface area (Å²) >= 11 is 0. The Hall–Kier alpha value is -3.52. The smallest absolute Gasteiger partial charge is 0.338 e. The molecule has 0 N–H and O–H groups in total. The summed E-state index contributed by atoms with van der Waals surface area (Å²) in [6.45, 7) is 6.15. The number of nitrogens with zero attached hydrogens (tertiary/aromatic N) is 5. The van der Waals surface area contributed by atoms with Gasteiger partial charge in [-0.15, -0.1) is 0 Å². The molecule has 2 aliphatic heterocycles. The van der Waals surface area contributed by atoms with Crippen LogP contribution >= 0.6 is 0 Å². The van der Waals surface area contributed by atoms with Gasteiger partial charge < -0.3 is 9.64 Å². The van der Waals surface area contributed by atoms with Crippen molar-refractivity contribution in [3.05, 3.63) is 77.4 Å². The average Bonchev–Trinajstić information content (AvgIpc) is 3.38. The van der Waals surface area contributed by atoms with Crippen molar-refractivity contribution in [1.29, 1.82) is 0 Å². The Labute approximate surface area is 199 Å². The minimum atomic E-state index is -0.216. The van der Waals surface area contributed by atoms with E-state index >= 15 is 0 Å². The van der Waals surface area contributed by atoms with E-state index in [4.69, 9.17) is 4.74 Å². The first-order valence-corrected chi connectivity index (χ1v) is 11.8. The van der Waals surface area contributed by atoms with Crippen molar-refractivity contribution in [2.24, 2.45) is 0 Å². The van der Waals surface area contributed by atoms with Crippen molar-refractivity contribution in [3.8, 4) is 5.69 Å². The van der Waals surface area contributed by atoms with Crippen molar-refractivity contribution >= 4 is 11.9 Å². The average molecular weight is 460 g/mol. The minimum Gasteiger partial charge on any atom is -0.459 e. The molecule has 176 valence electrons. The molecule has 2 aliphatic rings. The lowest BCUT2D eigenvalue weighted by Crippen LogP contribution is -2.49. The first-order valence-electron chi connectivity index (χ1n) is 11.8. The van der Waals surface area contributed by atoms with E-state index in [0.29, 0.717) is 12.0 Å². The van der Waals surface area contributed by atoms with E-state index in [1.54, 1.807) is 11.0 Å². The zero-order valence-electron chi connectivity index (χ0n) is 19.4. The molecule has 1 atom stereocenters. The van der Waals surface area contributed by atoms with Gasteiger partial charge in [-0.1, -0.05) is 24.3 Å². The number of hydrogen-bond donors (Lipinski definition) is 0. The second-order valence-electron chi connectivity index (χ2n) is 9.07. The van der Waals surface area contributed by atoms with Crippen LogP contribution in [0.15, 0.2) is 55.1 Å². The van der Waals surface area contributed by atoms with Gasteiger partial charge in [-0.25, -0.2) is 14.5 Å². The van der Waals surface area contributed by atoms with Gasteiger partial charge in [0.15, 0.2) is 0 Å². The van der Waals surface area contributed by atoms with Crippen LogP contribution in [0, 0.1) is 0 Å². The van der Waals surface area contributed by atoms with Crippen LogP contribution < -0.4 is 0 Å². The molecule has 0 spiro atoms. The summed E-state index contributed by atoms with van der Waals surface area (Å²) in [5, 5.41) is 4.12. The highest BCUT2D eigenvalue weighted by atomic mass is 16.5. The van der Waals surface area contributed by atoms with Gasteiger partial charge >= 0.3 is 5.97 Å². The molecule has 0 aliphatic carbocycles. The van der Waals surface area contributed by atoms with Gasteiger partial charge in [-0.3, -0.25) is 9.69 Å². The Morgan fingerprint density at radius 2 is 1.82 bits per heavy atom. The maximum absolute atomic E-state index is 12.8. The van der Waals surface area contributed by atoms with Gasteiger partial charge in [0.2, 0.25) is 5.91 Å². The van der Waals surface area contributed by atoms with Crippen LogP contribution in [0.1, 0.15) is 34.0 Å². The molecular formula is C26H29N5O3.